The zero-order chi connectivity index (χ0) is 16.1. The van der Waals surface area contributed by atoms with Crippen molar-refractivity contribution in [1.29, 1.82) is 0 Å². The summed E-state index contributed by atoms with van der Waals surface area (Å²) in [6.07, 6.45) is 3.40. The summed E-state index contributed by atoms with van der Waals surface area (Å²) in [5.74, 6) is 0.116. The van der Waals surface area contributed by atoms with Crippen molar-refractivity contribution < 1.29 is 9.18 Å². The molecule has 3 nitrogen and oxygen atoms in total. The summed E-state index contributed by atoms with van der Waals surface area (Å²) in [5, 5.41) is 5.76. The second-order valence-corrected chi connectivity index (χ2v) is 5.98. The Morgan fingerprint density at radius 3 is 2.70 bits per heavy atom. The van der Waals surface area contributed by atoms with Gasteiger partial charge in [-0.3, -0.25) is 0 Å². The Kier molecular flexibility index (Phi) is 4.91. The lowest BCUT2D eigenvalue weighted by atomic mass is 9.83. The van der Waals surface area contributed by atoms with Crippen LogP contribution in [0.5, 0.6) is 0 Å². The number of rotatable bonds is 4. The van der Waals surface area contributed by atoms with Crippen molar-refractivity contribution in [3.63, 3.8) is 0 Å². The number of carbonyl (C=O) groups is 1. The Bertz CT molecular complexity index is 669. The lowest BCUT2D eigenvalue weighted by Crippen LogP contribution is -2.38. The normalized spacial score (nSPS) is 16.5. The van der Waals surface area contributed by atoms with Crippen LogP contribution in [0.25, 0.3) is 0 Å². The lowest BCUT2D eigenvalue weighted by molar-refractivity contribution is 0.239. The first-order valence-electron chi connectivity index (χ1n) is 8.06. The number of hydrogen-bond donors (Lipinski definition) is 2. The topological polar surface area (TPSA) is 41.1 Å². The summed E-state index contributed by atoms with van der Waals surface area (Å²) in [6, 6.07) is 14.4. The maximum absolute atomic E-state index is 12.8. The Morgan fingerprint density at radius 2 is 1.87 bits per heavy atom. The van der Waals surface area contributed by atoms with Crippen molar-refractivity contribution in [2.75, 3.05) is 6.54 Å². The fourth-order valence-electron chi connectivity index (χ4n) is 3.13. The van der Waals surface area contributed by atoms with Crippen LogP contribution < -0.4 is 10.6 Å². The minimum absolute atomic E-state index is 0.183. The van der Waals surface area contributed by atoms with E-state index >= 15 is 0 Å². The van der Waals surface area contributed by atoms with Gasteiger partial charge in [-0.25, -0.2) is 9.18 Å². The third-order valence-electron chi connectivity index (χ3n) is 4.37. The Hall–Kier alpha value is -2.36. The summed E-state index contributed by atoms with van der Waals surface area (Å²) in [4.78, 5) is 11.9. The molecule has 1 atom stereocenters. The van der Waals surface area contributed by atoms with Gasteiger partial charge >= 0.3 is 6.03 Å². The predicted molar refractivity (Wildman–Crippen MR) is 88.8 cm³/mol. The average molecular weight is 312 g/mol. The van der Waals surface area contributed by atoms with Crippen LogP contribution in [0, 0.1) is 5.82 Å². The van der Waals surface area contributed by atoms with Gasteiger partial charge in [-0.15, -0.1) is 0 Å². The van der Waals surface area contributed by atoms with Gasteiger partial charge in [0.05, 0.1) is 0 Å². The van der Waals surface area contributed by atoms with E-state index in [2.05, 4.69) is 34.9 Å². The van der Waals surface area contributed by atoms with Crippen LogP contribution in [0.15, 0.2) is 48.5 Å². The molecule has 4 heteroatoms. The fourth-order valence-corrected chi connectivity index (χ4v) is 3.13. The lowest BCUT2D eigenvalue weighted by Gasteiger charge is -2.25. The maximum Gasteiger partial charge on any atom is 0.315 e. The number of benzene rings is 2. The van der Waals surface area contributed by atoms with E-state index in [1.54, 1.807) is 12.1 Å². The van der Waals surface area contributed by atoms with Gasteiger partial charge in [0.25, 0.3) is 0 Å². The number of hydrogen-bond acceptors (Lipinski definition) is 1. The van der Waals surface area contributed by atoms with Gasteiger partial charge in [-0.05, 0) is 48.1 Å². The van der Waals surface area contributed by atoms with Gasteiger partial charge in [0.1, 0.15) is 5.82 Å². The largest absolute Gasteiger partial charge is 0.338 e. The second kappa shape index (κ2) is 7.27. The van der Waals surface area contributed by atoms with Crippen LogP contribution in [0.3, 0.4) is 0 Å². The summed E-state index contributed by atoms with van der Waals surface area (Å²) >= 11 is 0. The molecule has 2 aromatic rings. The molecular formula is C19H21FN2O. The number of carbonyl (C=O) groups excluding carboxylic acids is 1. The van der Waals surface area contributed by atoms with Gasteiger partial charge < -0.3 is 10.6 Å². The highest BCUT2D eigenvalue weighted by molar-refractivity contribution is 5.73. The number of urea groups is 1. The second-order valence-electron chi connectivity index (χ2n) is 5.98. The van der Waals surface area contributed by atoms with E-state index in [4.69, 9.17) is 0 Å². The standard InChI is InChI=1S/C19H21FN2O/c20-17-10-8-14(9-11-17)12-21-19(23)22-13-16-6-3-5-15-4-1-2-7-18(15)16/h1-2,4,7-11,16H,3,5-6,12-13H2,(H2,21,22,23). The van der Waals surface area contributed by atoms with Crippen LogP contribution in [0.1, 0.15) is 35.4 Å². The molecule has 3 rings (SSSR count). The molecule has 23 heavy (non-hydrogen) atoms. The minimum Gasteiger partial charge on any atom is -0.338 e. The number of nitrogens with one attached hydrogen (secondary N) is 2. The molecule has 0 saturated heterocycles. The zero-order valence-corrected chi connectivity index (χ0v) is 13.0. The highest BCUT2D eigenvalue weighted by atomic mass is 19.1. The first-order valence-corrected chi connectivity index (χ1v) is 8.06. The number of halogens is 1. The summed E-state index contributed by atoms with van der Waals surface area (Å²) in [6.45, 7) is 1.04. The van der Waals surface area contributed by atoms with E-state index in [1.807, 2.05) is 0 Å². The molecular weight excluding hydrogens is 291 g/mol. The Labute approximate surface area is 135 Å². The van der Waals surface area contributed by atoms with Crippen LogP contribution in [0.4, 0.5) is 9.18 Å². The molecule has 1 unspecified atom stereocenters. The SMILES string of the molecule is O=C(NCc1ccc(F)cc1)NCC1CCCc2ccccc21. The van der Waals surface area contributed by atoms with Gasteiger partial charge in [0, 0.05) is 19.0 Å². The number of fused-ring (bicyclic) bond motifs is 1. The molecule has 0 saturated carbocycles. The number of aryl methyl sites for hydroxylation is 1. The van der Waals surface area contributed by atoms with E-state index in [1.165, 1.54) is 29.7 Å². The van der Waals surface area contributed by atoms with E-state index < -0.39 is 0 Å². The van der Waals surface area contributed by atoms with E-state index in [0.29, 0.717) is 19.0 Å². The van der Waals surface area contributed by atoms with Crippen molar-refractivity contribution in [2.45, 2.75) is 31.7 Å². The van der Waals surface area contributed by atoms with E-state index in [0.717, 1.165) is 18.4 Å². The van der Waals surface area contributed by atoms with Crippen molar-refractivity contribution in [3.8, 4) is 0 Å². The molecule has 0 radical (unpaired) electrons. The Morgan fingerprint density at radius 1 is 1.09 bits per heavy atom. The summed E-state index contributed by atoms with van der Waals surface area (Å²) in [5.41, 5.74) is 3.64. The highest BCUT2D eigenvalue weighted by Crippen LogP contribution is 2.30. The minimum atomic E-state index is -0.269. The van der Waals surface area contributed by atoms with Crippen molar-refractivity contribution >= 4 is 6.03 Å². The van der Waals surface area contributed by atoms with Crippen molar-refractivity contribution in [2.24, 2.45) is 0 Å². The van der Waals surface area contributed by atoms with E-state index in [9.17, 15) is 9.18 Å². The van der Waals surface area contributed by atoms with Crippen LogP contribution in [-0.4, -0.2) is 12.6 Å². The molecule has 2 amide bonds. The third kappa shape index (κ3) is 4.09. The molecule has 2 aromatic carbocycles. The molecule has 0 aromatic heterocycles. The van der Waals surface area contributed by atoms with Crippen LogP contribution in [-0.2, 0) is 13.0 Å². The Balaban J connectivity index is 1.49. The van der Waals surface area contributed by atoms with Gasteiger partial charge in [0.2, 0.25) is 0 Å². The molecule has 0 aliphatic heterocycles. The van der Waals surface area contributed by atoms with Gasteiger partial charge in [0.15, 0.2) is 0 Å². The molecule has 1 aliphatic carbocycles. The molecule has 1 aliphatic rings. The van der Waals surface area contributed by atoms with Gasteiger partial charge in [-0.2, -0.15) is 0 Å². The first kappa shape index (κ1) is 15.5. The molecule has 0 heterocycles. The van der Waals surface area contributed by atoms with E-state index in [-0.39, 0.29) is 11.8 Å². The molecule has 2 N–H and O–H groups in total. The molecule has 0 fully saturated rings. The number of amides is 2. The average Bonchev–Trinajstić information content (AvgIpc) is 2.59. The first-order chi connectivity index (χ1) is 11.2. The van der Waals surface area contributed by atoms with Crippen LogP contribution >= 0.6 is 0 Å². The third-order valence-corrected chi connectivity index (χ3v) is 4.37. The molecule has 0 spiro atoms. The monoisotopic (exact) mass is 312 g/mol. The summed E-state index contributed by atoms with van der Waals surface area (Å²) in [7, 11) is 0. The zero-order valence-electron chi connectivity index (χ0n) is 13.0. The van der Waals surface area contributed by atoms with Crippen LogP contribution in [0.2, 0.25) is 0 Å². The summed E-state index contributed by atoms with van der Waals surface area (Å²) < 4.78 is 12.8. The molecule has 0 bridgehead atoms. The van der Waals surface area contributed by atoms with Crippen molar-refractivity contribution in [1.82, 2.24) is 10.6 Å². The fraction of sp³-hybridized carbons (Fsp3) is 0.316. The smallest absolute Gasteiger partial charge is 0.315 e. The predicted octanol–water partition coefficient (Wildman–Crippen LogP) is 3.75. The van der Waals surface area contributed by atoms with Crippen molar-refractivity contribution in [3.05, 3.63) is 71.0 Å². The van der Waals surface area contributed by atoms with Gasteiger partial charge in [-0.1, -0.05) is 36.4 Å². The quantitative estimate of drug-likeness (QED) is 0.887. The highest BCUT2D eigenvalue weighted by Gasteiger charge is 2.19. The molecule has 120 valence electrons. The maximum atomic E-state index is 12.8.